The predicted molar refractivity (Wildman–Crippen MR) is 128 cm³/mol. The molecule has 2 amide bonds. The first-order chi connectivity index (χ1) is 17.1. The number of carbonyl (C=O) groups excluding carboxylic acids is 3. The van der Waals surface area contributed by atoms with Crippen LogP contribution in [0.3, 0.4) is 0 Å². The summed E-state index contributed by atoms with van der Waals surface area (Å²) < 4.78 is 44.8. The summed E-state index contributed by atoms with van der Waals surface area (Å²) >= 11 is 5.64. The number of carbonyl (C=O) groups is 3. The number of rotatable bonds is 5. The summed E-state index contributed by atoms with van der Waals surface area (Å²) in [5.74, 6) is -1.96. The number of amides is 2. The molecule has 0 saturated carbocycles. The standard InChI is InChI=1S/C26H26ClF3N2O4/c27-21-12-11-17(13-20(21)26(28,29)30)15-31-23(33)14-19-9-5-2-6-10-24(34)36-22(16-32-25(19)35)18-7-3-1-4-8-18/h1-5,7-8,11-13,19,22H,6,9-10,14-16H2,(H,31,33)(H,32,35)/t19-,22-/m0/s1. The molecule has 0 aliphatic carbocycles. The molecule has 1 aliphatic rings. The molecule has 10 heteroatoms. The first-order valence-electron chi connectivity index (χ1n) is 11.4. The monoisotopic (exact) mass is 522 g/mol. The maximum atomic E-state index is 13.1. The third-order valence-electron chi connectivity index (χ3n) is 5.64. The van der Waals surface area contributed by atoms with Crippen LogP contribution in [0, 0.1) is 5.92 Å². The molecule has 0 saturated heterocycles. The third-order valence-corrected chi connectivity index (χ3v) is 5.97. The van der Waals surface area contributed by atoms with E-state index in [1.54, 1.807) is 36.4 Å². The van der Waals surface area contributed by atoms with Gasteiger partial charge in [0.1, 0.15) is 6.10 Å². The Labute approximate surface area is 211 Å². The average Bonchev–Trinajstić information content (AvgIpc) is 2.84. The Morgan fingerprint density at radius 3 is 2.58 bits per heavy atom. The maximum Gasteiger partial charge on any atom is 0.417 e. The second-order valence-electron chi connectivity index (χ2n) is 8.37. The Morgan fingerprint density at radius 1 is 1.11 bits per heavy atom. The first-order valence-corrected chi connectivity index (χ1v) is 11.8. The highest BCUT2D eigenvalue weighted by atomic mass is 35.5. The lowest BCUT2D eigenvalue weighted by atomic mass is 9.98. The number of alkyl halides is 3. The van der Waals surface area contributed by atoms with Crippen LogP contribution in [-0.2, 0) is 31.8 Å². The summed E-state index contributed by atoms with van der Waals surface area (Å²) in [4.78, 5) is 37.6. The van der Waals surface area contributed by atoms with Crippen LogP contribution in [0.25, 0.3) is 0 Å². The van der Waals surface area contributed by atoms with E-state index in [-0.39, 0.29) is 43.9 Å². The van der Waals surface area contributed by atoms with Crippen LogP contribution in [0.2, 0.25) is 5.02 Å². The number of hydrogen-bond acceptors (Lipinski definition) is 4. The minimum Gasteiger partial charge on any atom is -0.456 e. The normalized spacial score (nSPS) is 19.4. The second-order valence-corrected chi connectivity index (χ2v) is 8.78. The van der Waals surface area contributed by atoms with Crippen molar-refractivity contribution in [2.45, 2.75) is 44.5 Å². The van der Waals surface area contributed by atoms with E-state index in [9.17, 15) is 27.6 Å². The van der Waals surface area contributed by atoms with Crippen molar-refractivity contribution in [2.24, 2.45) is 5.92 Å². The maximum absolute atomic E-state index is 13.1. The fourth-order valence-corrected chi connectivity index (χ4v) is 3.93. The highest BCUT2D eigenvalue weighted by Crippen LogP contribution is 2.35. The SMILES string of the molecule is O=C(C[C@@H]1CC=CCCC(=O)O[C@H](c2ccccc2)CNC1=O)NCc1ccc(Cl)c(C(F)(F)F)c1. The van der Waals surface area contributed by atoms with Crippen molar-refractivity contribution >= 4 is 29.4 Å². The molecule has 0 aromatic heterocycles. The van der Waals surface area contributed by atoms with Gasteiger partial charge in [0.2, 0.25) is 11.8 Å². The fraction of sp³-hybridized carbons (Fsp3) is 0.346. The molecular formula is C26H26ClF3N2O4. The van der Waals surface area contributed by atoms with E-state index in [0.29, 0.717) is 6.42 Å². The van der Waals surface area contributed by atoms with Crippen molar-refractivity contribution in [2.75, 3.05) is 6.54 Å². The van der Waals surface area contributed by atoms with Gasteiger partial charge in [0.05, 0.1) is 23.0 Å². The molecule has 2 N–H and O–H groups in total. The van der Waals surface area contributed by atoms with Crippen LogP contribution in [0.4, 0.5) is 13.2 Å². The zero-order valence-electron chi connectivity index (χ0n) is 19.3. The number of hydrogen-bond donors (Lipinski definition) is 2. The number of ether oxygens (including phenoxy) is 1. The Kier molecular flexibility index (Phi) is 9.52. The summed E-state index contributed by atoms with van der Waals surface area (Å²) in [5.41, 5.74) is -0.0155. The topological polar surface area (TPSA) is 84.5 Å². The summed E-state index contributed by atoms with van der Waals surface area (Å²) in [6, 6.07) is 12.4. The van der Waals surface area contributed by atoms with E-state index in [1.165, 1.54) is 6.07 Å². The van der Waals surface area contributed by atoms with E-state index in [0.717, 1.165) is 17.7 Å². The van der Waals surface area contributed by atoms with Crippen LogP contribution in [-0.4, -0.2) is 24.3 Å². The largest absolute Gasteiger partial charge is 0.456 e. The summed E-state index contributed by atoms with van der Waals surface area (Å²) in [6.45, 7) is -0.100. The lowest BCUT2D eigenvalue weighted by molar-refractivity contribution is -0.150. The van der Waals surface area contributed by atoms with E-state index < -0.39 is 40.6 Å². The number of halogens is 4. The summed E-state index contributed by atoms with van der Waals surface area (Å²) in [6.07, 6.45) is -1.08. The lowest BCUT2D eigenvalue weighted by Crippen LogP contribution is -2.37. The fourth-order valence-electron chi connectivity index (χ4n) is 3.71. The molecule has 2 aromatic rings. The number of allylic oxidation sites excluding steroid dienone is 2. The van der Waals surface area contributed by atoms with Gasteiger partial charge in [0.15, 0.2) is 0 Å². The average molecular weight is 523 g/mol. The number of esters is 1. The molecule has 6 nitrogen and oxygen atoms in total. The molecule has 1 heterocycles. The molecule has 0 bridgehead atoms. The lowest BCUT2D eigenvalue weighted by Gasteiger charge is -2.22. The van der Waals surface area contributed by atoms with Gasteiger partial charge in [-0.15, -0.1) is 0 Å². The smallest absolute Gasteiger partial charge is 0.417 e. The Balaban J connectivity index is 1.64. The Morgan fingerprint density at radius 2 is 1.86 bits per heavy atom. The molecule has 0 unspecified atom stereocenters. The van der Waals surface area contributed by atoms with Gasteiger partial charge in [-0.3, -0.25) is 14.4 Å². The van der Waals surface area contributed by atoms with Crippen molar-refractivity contribution < 1.29 is 32.3 Å². The molecule has 1 aliphatic heterocycles. The van der Waals surface area contributed by atoms with Crippen molar-refractivity contribution in [1.29, 1.82) is 0 Å². The van der Waals surface area contributed by atoms with E-state index in [1.807, 2.05) is 6.07 Å². The zero-order valence-corrected chi connectivity index (χ0v) is 20.1. The third kappa shape index (κ3) is 8.12. The highest BCUT2D eigenvalue weighted by molar-refractivity contribution is 6.31. The molecule has 192 valence electrons. The second kappa shape index (κ2) is 12.6. The van der Waals surface area contributed by atoms with Crippen LogP contribution < -0.4 is 10.6 Å². The Bertz CT molecular complexity index is 1110. The molecule has 0 radical (unpaired) electrons. The quantitative estimate of drug-likeness (QED) is 0.421. The molecule has 0 fully saturated rings. The summed E-state index contributed by atoms with van der Waals surface area (Å²) in [5, 5.41) is 4.91. The molecule has 3 rings (SSSR count). The van der Waals surface area contributed by atoms with Crippen LogP contribution in [0.1, 0.15) is 48.5 Å². The highest BCUT2D eigenvalue weighted by Gasteiger charge is 2.33. The van der Waals surface area contributed by atoms with Crippen molar-refractivity contribution in [1.82, 2.24) is 10.6 Å². The molecule has 2 atom stereocenters. The first kappa shape index (κ1) is 27.3. The van der Waals surface area contributed by atoms with Gasteiger partial charge in [0.25, 0.3) is 0 Å². The van der Waals surface area contributed by atoms with E-state index in [2.05, 4.69) is 10.6 Å². The predicted octanol–water partition coefficient (Wildman–Crippen LogP) is 5.12. The van der Waals surface area contributed by atoms with Gasteiger partial charge in [-0.25, -0.2) is 0 Å². The molecule has 0 spiro atoms. The molecule has 2 aromatic carbocycles. The Hall–Kier alpha value is -3.33. The van der Waals surface area contributed by atoms with Crippen LogP contribution in [0.15, 0.2) is 60.7 Å². The van der Waals surface area contributed by atoms with Crippen LogP contribution >= 0.6 is 11.6 Å². The number of cyclic esters (lactones) is 1. The molecular weight excluding hydrogens is 497 g/mol. The minimum atomic E-state index is -4.61. The zero-order chi connectivity index (χ0) is 26.1. The number of nitrogens with one attached hydrogen (secondary N) is 2. The van der Waals surface area contributed by atoms with Crippen molar-refractivity contribution in [3.63, 3.8) is 0 Å². The van der Waals surface area contributed by atoms with Crippen molar-refractivity contribution in [3.05, 3.63) is 82.4 Å². The van der Waals surface area contributed by atoms with Gasteiger partial charge >= 0.3 is 12.1 Å². The summed E-state index contributed by atoms with van der Waals surface area (Å²) in [7, 11) is 0. The van der Waals surface area contributed by atoms with Gasteiger partial charge < -0.3 is 15.4 Å². The van der Waals surface area contributed by atoms with Crippen LogP contribution in [0.5, 0.6) is 0 Å². The van der Waals surface area contributed by atoms with E-state index in [4.69, 9.17) is 16.3 Å². The molecule has 36 heavy (non-hydrogen) atoms. The van der Waals surface area contributed by atoms with E-state index >= 15 is 0 Å². The minimum absolute atomic E-state index is 0.0431. The van der Waals surface area contributed by atoms with Gasteiger partial charge in [-0.1, -0.05) is 60.2 Å². The van der Waals surface area contributed by atoms with Gasteiger partial charge in [0, 0.05) is 19.4 Å². The van der Waals surface area contributed by atoms with Gasteiger partial charge in [-0.05, 0) is 36.1 Å². The van der Waals surface area contributed by atoms with Gasteiger partial charge in [-0.2, -0.15) is 13.2 Å². The van der Waals surface area contributed by atoms with Crippen molar-refractivity contribution in [3.8, 4) is 0 Å². The number of benzene rings is 2.